The molecule has 2 aromatic rings. The summed E-state index contributed by atoms with van der Waals surface area (Å²) in [6.07, 6.45) is 1.16. The molecule has 0 aliphatic carbocycles. The molecule has 4 N–H and O–H groups in total. The van der Waals surface area contributed by atoms with Gasteiger partial charge in [0, 0.05) is 13.0 Å². The number of rotatable bonds is 11. The maximum absolute atomic E-state index is 14.6. The number of nitrogens with one attached hydrogen (secondary N) is 2. The molecule has 38 heavy (non-hydrogen) atoms. The first-order chi connectivity index (χ1) is 17.5. The van der Waals surface area contributed by atoms with Gasteiger partial charge in [0.2, 0.25) is 5.91 Å². The van der Waals surface area contributed by atoms with Crippen LogP contribution in [0, 0.1) is 5.82 Å². The zero-order chi connectivity index (χ0) is 27.2. The molecule has 3 rings (SSSR count). The summed E-state index contributed by atoms with van der Waals surface area (Å²) in [5, 5.41) is 22.7. The Kier molecular flexibility index (Phi) is 11.8. The number of anilines is 1. The molecule has 0 aromatic heterocycles. The van der Waals surface area contributed by atoms with Crippen LogP contribution in [-0.4, -0.2) is 63.2 Å². The summed E-state index contributed by atoms with van der Waals surface area (Å²) in [5.74, 6) is -3.68. The molecule has 1 aliphatic heterocycles. The number of hydrogen-bond acceptors (Lipinski definition) is 9. The van der Waals surface area contributed by atoms with Crippen molar-refractivity contribution in [3.8, 4) is 17.2 Å². The number of benzene rings is 2. The zero-order valence-corrected chi connectivity index (χ0v) is 24.8. The predicted molar refractivity (Wildman–Crippen MR) is 128 cm³/mol. The number of carbonyl (C=O) groups excluding carboxylic acids is 3. The van der Waals surface area contributed by atoms with E-state index in [1.54, 1.807) is 4.72 Å². The van der Waals surface area contributed by atoms with Crippen molar-refractivity contribution < 1.29 is 98.3 Å². The van der Waals surface area contributed by atoms with Gasteiger partial charge in [-0.3, -0.25) is 9.59 Å². The molecule has 0 saturated carbocycles. The second-order valence-electron chi connectivity index (χ2n) is 8.03. The normalized spacial score (nSPS) is 13.8. The van der Waals surface area contributed by atoms with Gasteiger partial charge in [-0.1, -0.05) is 6.07 Å². The standard InChI is InChI=1S/C23H26FN3O9S.K/c1-35-23(32)21-16(28)5-4-6-18(21)36-10-3-2-9-25-19(30)8-7-14-11-15(24)22(17(29)12-14)27-13-20(31)26-37(27,33)34;/h4-6,11-12,28-29H,2-3,7-10,13H2,1H3,(H,25,30)(H,26,31);/q;+1. The summed E-state index contributed by atoms with van der Waals surface area (Å²) in [5.41, 5.74) is -0.440. The van der Waals surface area contributed by atoms with E-state index >= 15 is 0 Å². The van der Waals surface area contributed by atoms with Gasteiger partial charge < -0.3 is 25.0 Å². The molecule has 2 aromatic carbocycles. The Hall–Kier alpha value is -2.43. The number of aromatic hydroxyl groups is 2. The summed E-state index contributed by atoms with van der Waals surface area (Å²) in [4.78, 5) is 35.3. The number of hydrogen-bond donors (Lipinski definition) is 4. The predicted octanol–water partition coefficient (Wildman–Crippen LogP) is -1.88. The van der Waals surface area contributed by atoms with Crippen LogP contribution in [0.1, 0.15) is 35.2 Å². The maximum atomic E-state index is 14.6. The third-order valence-electron chi connectivity index (χ3n) is 5.36. The molecule has 0 unspecified atom stereocenters. The van der Waals surface area contributed by atoms with Gasteiger partial charge in [-0.15, -0.1) is 0 Å². The number of unbranched alkanes of at least 4 members (excludes halogenated alkanes) is 1. The van der Waals surface area contributed by atoms with Crippen LogP contribution in [0.15, 0.2) is 30.3 Å². The molecule has 0 bridgehead atoms. The van der Waals surface area contributed by atoms with Crippen molar-refractivity contribution in [2.24, 2.45) is 0 Å². The SMILES string of the molecule is COC(=O)c1c(O)cccc1OCCCCNC(=O)CCc1cc(O)c(N2CC(=O)NS2(=O)=O)c(F)c1.[K+]. The van der Waals surface area contributed by atoms with E-state index in [-0.39, 0.29) is 99.4 Å². The van der Waals surface area contributed by atoms with Gasteiger partial charge in [0.15, 0.2) is 5.82 Å². The summed E-state index contributed by atoms with van der Waals surface area (Å²) >= 11 is 0. The summed E-state index contributed by atoms with van der Waals surface area (Å²) in [7, 11) is -3.09. The average Bonchev–Trinajstić information content (AvgIpc) is 3.10. The number of aryl methyl sites for hydroxylation is 1. The van der Waals surface area contributed by atoms with Crippen molar-refractivity contribution in [2.45, 2.75) is 25.7 Å². The van der Waals surface area contributed by atoms with E-state index in [4.69, 9.17) is 4.74 Å². The number of phenolic OH excluding ortho intramolecular Hbond substituents is 2. The van der Waals surface area contributed by atoms with Gasteiger partial charge in [-0.2, -0.15) is 8.42 Å². The molecule has 0 radical (unpaired) electrons. The Morgan fingerprint density at radius 3 is 2.55 bits per heavy atom. The minimum Gasteiger partial charge on any atom is -0.507 e. The number of carbonyl (C=O) groups is 3. The summed E-state index contributed by atoms with van der Waals surface area (Å²) in [6.45, 7) is -0.0968. The Bertz CT molecular complexity index is 1280. The first-order valence-corrected chi connectivity index (χ1v) is 12.6. The first-order valence-electron chi connectivity index (χ1n) is 11.2. The van der Waals surface area contributed by atoms with E-state index in [0.717, 1.165) is 12.1 Å². The molecule has 1 fully saturated rings. The Morgan fingerprint density at radius 1 is 1.18 bits per heavy atom. The number of nitrogens with zero attached hydrogens (tertiary/aromatic N) is 1. The molecule has 15 heteroatoms. The molecule has 0 spiro atoms. The molecule has 1 aliphatic rings. The third-order valence-corrected chi connectivity index (χ3v) is 6.74. The molecule has 12 nitrogen and oxygen atoms in total. The maximum Gasteiger partial charge on any atom is 1.00 e. The first kappa shape index (κ1) is 31.8. The van der Waals surface area contributed by atoms with E-state index in [0.29, 0.717) is 23.7 Å². The fourth-order valence-electron chi connectivity index (χ4n) is 3.61. The number of phenols is 2. The van der Waals surface area contributed by atoms with Crippen molar-refractivity contribution in [1.82, 2.24) is 10.0 Å². The van der Waals surface area contributed by atoms with Gasteiger partial charge in [0.25, 0.3) is 5.91 Å². The third kappa shape index (κ3) is 8.03. The Balaban J connectivity index is 0.00000507. The van der Waals surface area contributed by atoms with Crippen molar-refractivity contribution in [3.63, 3.8) is 0 Å². The van der Waals surface area contributed by atoms with Crippen molar-refractivity contribution >= 4 is 33.7 Å². The van der Waals surface area contributed by atoms with Gasteiger partial charge in [0.1, 0.15) is 35.0 Å². The molecular formula is C23H26FKN3O9S+. The Morgan fingerprint density at radius 2 is 1.92 bits per heavy atom. The number of methoxy groups -OCH3 is 1. The quantitative estimate of drug-likeness (QED) is 0.135. The van der Waals surface area contributed by atoms with Crippen LogP contribution in [0.4, 0.5) is 10.1 Å². The number of esters is 1. The fourth-order valence-corrected chi connectivity index (χ4v) is 4.78. The van der Waals surface area contributed by atoms with E-state index < -0.39 is 45.9 Å². The second-order valence-corrected chi connectivity index (χ2v) is 9.62. The minimum absolute atomic E-state index is 0. The van der Waals surface area contributed by atoms with Crippen LogP contribution in [-0.2, 0) is 31.0 Å². The fraction of sp³-hybridized carbons (Fsp3) is 0.348. The smallest absolute Gasteiger partial charge is 0.507 e. The molecular weight excluding hydrogens is 552 g/mol. The van der Waals surface area contributed by atoms with E-state index in [9.17, 15) is 37.4 Å². The number of halogens is 1. The molecule has 1 saturated heterocycles. The topological polar surface area (TPSA) is 172 Å². The van der Waals surface area contributed by atoms with Crippen LogP contribution in [0.25, 0.3) is 0 Å². The van der Waals surface area contributed by atoms with Gasteiger partial charge >= 0.3 is 67.6 Å². The zero-order valence-electron chi connectivity index (χ0n) is 20.8. The van der Waals surface area contributed by atoms with Gasteiger partial charge in [0.05, 0.1) is 13.7 Å². The van der Waals surface area contributed by atoms with Crippen molar-refractivity contribution in [2.75, 3.05) is 31.1 Å². The van der Waals surface area contributed by atoms with Crippen molar-refractivity contribution in [1.29, 1.82) is 0 Å². The van der Waals surface area contributed by atoms with Crippen LogP contribution in [0.5, 0.6) is 17.2 Å². The van der Waals surface area contributed by atoms with Gasteiger partial charge in [-0.05, 0) is 49.1 Å². The van der Waals surface area contributed by atoms with Crippen LogP contribution in [0.2, 0.25) is 0 Å². The van der Waals surface area contributed by atoms with Crippen LogP contribution < -0.4 is 70.5 Å². The summed E-state index contributed by atoms with van der Waals surface area (Å²) < 4.78 is 50.7. The second kappa shape index (κ2) is 14.1. The van der Waals surface area contributed by atoms with Crippen LogP contribution >= 0.6 is 0 Å². The van der Waals surface area contributed by atoms with E-state index in [1.807, 2.05) is 0 Å². The van der Waals surface area contributed by atoms with Crippen LogP contribution in [0.3, 0.4) is 0 Å². The van der Waals surface area contributed by atoms with E-state index in [2.05, 4.69) is 10.1 Å². The average molecular weight is 579 g/mol. The van der Waals surface area contributed by atoms with E-state index in [1.165, 1.54) is 25.3 Å². The van der Waals surface area contributed by atoms with Gasteiger partial charge in [-0.25, -0.2) is 18.2 Å². The number of ether oxygens (including phenoxy) is 2. The Labute approximate surface area is 261 Å². The minimum atomic E-state index is -4.29. The number of amides is 2. The molecule has 2 amide bonds. The summed E-state index contributed by atoms with van der Waals surface area (Å²) in [6, 6.07) is 6.55. The molecule has 200 valence electrons. The largest absolute Gasteiger partial charge is 1.00 e. The monoisotopic (exact) mass is 578 g/mol. The molecule has 0 atom stereocenters. The molecule has 1 heterocycles. The van der Waals surface area contributed by atoms with Crippen molar-refractivity contribution in [3.05, 3.63) is 47.3 Å².